The smallest absolute Gasteiger partial charge is 0.130 e. The van der Waals surface area contributed by atoms with Crippen molar-refractivity contribution in [2.24, 2.45) is 0 Å². The molecule has 19 heavy (non-hydrogen) atoms. The van der Waals surface area contributed by atoms with E-state index in [1.54, 1.807) is 0 Å². The predicted octanol–water partition coefficient (Wildman–Crippen LogP) is 3.15. The van der Waals surface area contributed by atoms with Crippen molar-refractivity contribution in [2.45, 2.75) is 31.7 Å². The summed E-state index contributed by atoms with van der Waals surface area (Å²) in [5, 5.41) is 4.65. The van der Waals surface area contributed by atoms with E-state index in [0.717, 1.165) is 36.2 Å². The van der Waals surface area contributed by atoms with Crippen LogP contribution in [0.3, 0.4) is 0 Å². The second-order valence-corrected chi connectivity index (χ2v) is 5.11. The van der Waals surface area contributed by atoms with E-state index in [1.807, 2.05) is 30.5 Å². The first kappa shape index (κ1) is 12.4. The molecule has 1 aliphatic rings. The van der Waals surface area contributed by atoms with Gasteiger partial charge in [-0.15, -0.1) is 0 Å². The fourth-order valence-corrected chi connectivity index (χ4v) is 2.68. The lowest BCUT2D eigenvalue weighted by Gasteiger charge is -2.23. The molecule has 3 rings (SSSR count). The summed E-state index contributed by atoms with van der Waals surface area (Å²) in [4.78, 5) is 4.35. The first-order valence-electron chi connectivity index (χ1n) is 7.13. The quantitative estimate of drug-likeness (QED) is 0.912. The van der Waals surface area contributed by atoms with E-state index in [9.17, 15) is 0 Å². The number of aromatic nitrogens is 1. The van der Waals surface area contributed by atoms with E-state index in [2.05, 4.69) is 16.4 Å². The molecule has 1 aromatic heterocycles. The molecule has 1 N–H and O–H groups in total. The highest BCUT2D eigenvalue weighted by atomic mass is 16.5. The number of fused-ring (bicyclic) bond motifs is 1. The van der Waals surface area contributed by atoms with Crippen LogP contribution in [0.15, 0.2) is 36.5 Å². The Morgan fingerprint density at radius 3 is 3.05 bits per heavy atom. The molecule has 0 saturated carbocycles. The number of benzene rings is 1. The summed E-state index contributed by atoms with van der Waals surface area (Å²) >= 11 is 0. The molecule has 3 heteroatoms. The van der Waals surface area contributed by atoms with Gasteiger partial charge in [0.2, 0.25) is 0 Å². The fourth-order valence-electron chi connectivity index (χ4n) is 2.68. The molecule has 1 aliphatic heterocycles. The second kappa shape index (κ2) is 6.02. The molecule has 1 saturated heterocycles. The minimum Gasteiger partial charge on any atom is -0.493 e. The van der Waals surface area contributed by atoms with E-state index in [4.69, 9.17) is 4.74 Å². The SMILES string of the molecule is c1ccc2c(OCCC3CCCCN3)ccnc2c1. The fraction of sp³-hybridized carbons (Fsp3) is 0.438. The van der Waals surface area contributed by atoms with Gasteiger partial charge in [-0.2, -0.15) is 0 Å². The number of nitrogens with zero attached hydrogens (tertiary/aromatic N) is 1. The molecule has 3 nitrogen and oxygen atoms in total. The maximum absolute atomic E-state index is 5.94. The summed E-state index contributed by atoms with van der Waals surface area (Å²) in [7, 11) is 0. The molecule has 0 spiro atoms. The molecule has 0 amide bonds. The van der Waals surface area contributed by atoms with Gasteiger partial charge < -0.3 is 10.1 Å². The van der Waals surface area contributed by atoms with Gasteiger partial charge in [0.25, 0.3) is 0 Å². The Kier molecular flexibility index (Phi) is 3.94. The summed E-state index contributed by atoms with van der Waals surface area (Å²) in [6, 6.07) is 10.7. The van der Waals surface area contributed by atoms with Gasteiger partial charge in [0, 0.05) is 17.6 Å². The number of ether oxygens (including phenoxy) is 1. The number of hydrogen-bond acceptors (Lipinski definition) is 3. The van der Waals surface area contributed by atoms with Crippen molar-refractivity contribution in [1.29, 1.82) is 0 Å². The first-order chi connectivity index (χ1) is 9.43. The first-order valence-corrected chi connectivity index (χ1v) is 7.13. The van der Waals surface area contributed by atoms with E-state index < -0.39 is 0 Å². The van der Waals surface area contributed by atoms with Crippen LogP contribution in [-0.2, 0) is 0 Å². The van der Waals surface area contributed by atoms with Gasteiger partial charge >= 0.3 is 0 Å². The topological polar surface area (TPSA) is 34.1 Å². The highest BCUT2D eigenvalue weighted by molar-refractivity contribution is 5.84. The van der Waals surface area contributed by atoms with Crippen LogP contribution in [0.5, 0.6) is 5.75 Å². The summed E-state index contributed by atoms with van der Waals surface area (Å²) in [6.07, 6.45) is 6.83. The number of pyridine rings is 1. The number of nitrogens with one attached hydrogen (secondary N) is 1. The number of hydrogen-bond donors (Lipinski definition) is 1. The summed E-state index contributed by atoms with van der Waals surface area (Å²) < 4.78 is 5.94. The molecule has 1 aromatic carbocycles. The predicted molar refractivity (Wildman–Crippen MR) is 77.5 cm³/mol. The minimum atomic E-state index is 0.627. The Bertz CT molecular complexity index is 530. The van der Waals surface area contributed by atoms with Gasteiger partial charge in [-0.1, -0.05) is 18.6 Å². The Hall–Kier alpha value is -1.61. The van der Waals surface area contributed by atoms with E-state index >= 15 is 0 Å². The van der Waals surface area contributed by atoms with Crippen molar-refractivity contribution in [3.63, 3.8) is 0 Å². The lowest BCUT2D eigenvalue weighted by molar-refractivity contribution is 0.270. The van der Waals surface area contributed by atoms with Crippen molar-refractivity contribution in [3.8, 4) is 5.75 Å². The van der Waals surface area contributed by atoms with Crippen LogP contribution in [0.1, 0.15) is 25.7 Å². The Morgan fingerprint density at radius 1 is 1.21 bits per heavy atom. The Labute approximate surface area is 114 Å². The number of piperidine rings is 1. The average molecular weight is 256 g/mol. The molecule has 0 bridgehead atoms. The van der Waals surface area contributed by atoms with Crippen molar-refractivity contribution in [3.05, 3.63) is 36.5 Å². The van der Waals surface area contributed by atoms with Crippen molar-refractivity contribution < 1.29 is 4.74 Å². The third kappa shape index (κ3) is 3.04. The zero-order chi connectivity index (χ0) is 12.9. The number of para-hydroxylation sites is 1. The zero-order valence-corrected chi connectivity index (χ0v) is 11.1. The van der Waals surface area contributed by atoms with Crippen molar-refractivity contribution in [1.82, 2.24) is 10.3 Å². The Morgan fingerprint density at radius 2 is 2.16 bits per heavy atom. The van der Waals surface area contributed by atoms with E-state index in [-0.39, 0.29) is 0 Å². The summed E-state index contributed by atoms with van der Waals surface area (Å²) in [5.74, 6) is 0.946. The number of rotatable bonds is 4. The van der Waals surface area contributed by atoms with Crippen molar-refractivity contribution >= 4 is 10.9 Å². The van der Waals surface area contributed by atoms with Crippen LogP contribution < -0.4 is 10.1 Å². The lowest BCUT2D eigenvalue weighted by atomic mass is 10.0. The summed E-state index contributed by atoms with van der Waals surface area (Å²) in [5.41, 5.74) is 0.996. The van der Waals surface area contributed by atoms with Gasteiger partial charge in [-0.25, -0.2) is 0 Å². The van der Waals surface area contributed by atoms with E-state index in [1.165, 1.54) is 19.3 Å². The van der Waals surface area contributed by atoms with Crippen LogP contribution in [0.4, 0.5) is 0 Å². The zero-order valence-electron chi connectivity index (χ0n) is 11.1. The minimum absolute atomic E-state index is 0.627. The van der Waals surface area contributed by atoms with Crippen LogP contribution in [0.25, 0.3) is 10.9 Å². The largest absolute Gasteiger partial charge is 0.493 e. The molecular formula is C16H20N2O. The normalized spacial score (nSPS) is 19.5. The van der Waals surface area contributed by atoms with Crippen LogP contribution in [0, 0.1) is 0 Å². The monoisotopic (exact) mass is 256 g/mol. The lowest BCUT2D eigenvalue weighted by Crippen LogP contribution is -2.35. The molecular weight excluding hydrogens is 236 g/mol. The molecule has 0 radical (unpaired) electrons. The van der Waals surface area contributed by atoms with Gasteiger partial charge in [-0.3, -0.25) is 4.98 Å². The molecule has 2 heterocycles. The van der Waals surface area contributed by atoms with Crippen LogP contribution in [0.2, 0.25) is 0 Å². The van der Waals surface area contributed by atoms with Crippen LogP contribution in [-0.4, -0.2) is 24.2 Å². The molecule has 1 atom stereocenters. The molecule has 100 valence electrons. The molecule has 1 unspecified atom stereocenters. The average Bonchev–Trinajstić information content (AvgIpc) is 2.49. The third-order valence-corrected chi connectivity index (χ3v) is 3.75. The van der Waals surface area contributed by atoms with Crippen LogP contribution >= 0.6 is 0 Å². The van der Waals surface area contributed by atoms with Crippen molar-refractivity contribution in [2.75, 3.05) is 13.2 Å². The van der Waals surface area contributed by atoms with Gasteiger partial charge in [0.1, 0.15) is 5.75 Å². The van der Waals surface area contributed by atoms with E-state index in [0.29, 0.717) is 6.04 Å². The maximum atomic E-state index is 5.94. The maximum Gasteiger partial charge on any atom is 0.130 e. The Balaban J connectivity index is 1.62. The van der Waals surface area contributed by atoms with Gasteiger partial charge in [0.05, 0.1) is 12.1 Å². The highest BCUT2D eigenvalue weighted by Gasteiger charge is 2.12. The molecule has 0 aliphatic carbocycles. The second-order valence-electron chi connectivity index (χ2n) is 5.11. The molecule has 1 fully saturated rings. The van der Waals surface area contributed by atoms with Gasteiger partial charge in [0.15, 0.2) is 0 Å². The third-order valence-electron chi connectivity index (χ3n) is 3.75. The summed E-state index contributed by atoms with van der Waals surface area (Å²) in [6.45, 7) is 1.93. The highest BCUT2D eigenvalue weighted by Crippen LogP contribution is 2.23. The molecule has 2 aromatic rings. The van der Waals surface area contributed by atoms with Gasteiger partial charge in [-0.05, 0) is 44.0 Å². The standard InChI is InChI=1S/C16H20N2O/c1-2-7-15-14(6-1)16(8-11-18-15)19-12-9-13-5-3-4-10-17-13/h1-2,6-8,11,13,17H,3-5,9-10,12H2.